The third-order valence-electron chi connectivity index (χ3n) is 3.82. The fourth-order valence-corrected chi connectivity index (χ4v) is 3.38. The van der Waals surface area contributed by atoms with Gasteiger partial charge >= 0.3 is 6.03 Å². The maximum Gasteiger partial charge on any atom is 0.325 e. The van der Waals surface area contributed by atoms with Crippen LogP contribution in [-0.2, 0) is 5.41 Å². The van der Waals surface area contributed by atoms with Crippen LogP contribution in [0.4, 0.5) is 15.6 Å². The van der Waals surface area contributed by atoms with Gasteiger partial charge < -0.3 is 5.32 Å². The molecule has 0 saturated carbocycles. The highest BCUT2D eigenvalue weighted by molar-refractivity contribution is 7.18. The van der Waals surface area contributed by atoms with Crippen molar-refractivity contribution in [3.63, 3.8) is 0 Å². The Labute approximate surface area is 171 Å². The molecular formula is C19H18Cl2N4OS. The van der Waals surface area contributed by atoms with Gasteiger partial charge in [-0.1, -0.05) is 79.6 Å². The molecule has 3 rings (SSSR count). The number of anilines is 2. The van der Waals surface area contributed by atoms with Crippen LogP contribution in [0.3, 0.4) is 0 Å². The first kappa shape index (κ1) is 19.6. The van der Waals surface area contributed by atoms with Gasteiger partial charge in [-0.15, -0.1) is 10.2 Å². The van der Waals surface area contributed by atoms with Gasteiger partial charge in [0.1, 0.15) is 5.01 Å². The zero-order valence-electron chi connectivity index (χ0n) is 15.0. The molecule has 0 unspecified atom stereocenters. The maximum atomic E-state index is 12.1. The second kappa shape index (κ2) is 7.84. The summed E-state index contributed by atoms with van der Waals surface area (Å²) in [6, 6.07) is 12.6. The zero-order valence-corrected chi connectivity index (χ0v) is 17.3. The van der Waals surface area contributed by atoms with E-state index < -0.39 is 6.03 Å². The van der Waals surface area contributed by atoms with Crippen LogP contribution < -0.4 is 10.6 Å². The minimum Gasteiger partial charge on any atom is -0.308 e. The fraction of sp³-hybridized carbons (Fsp3) is 0.211. The van der Waals surface area contributed by atoms with Crippen LogP contribution in [0, 0.1) is 0 Å². The predicted molar refractivity (Wildman–Crippen MR) is 113 cm³/mol. The van der Waals surface area contributed by atoms with Crippen molar-refractivity contribution in [3.8, 4) is 10.6 Å². The number of benzene rings is 2. The third-order valence-corrected chi connectivity index (χ3v) is 5.45. The van der Waals surface area contributed by atoms with Crippen molar-refractivity contribution in [2.75, 3.05) is 10.6 Å². The van der Waals surface area contributed by atoms with Crippen LogP contribution in [0.15, 0.2) is 42.5 Å². The van der Waals surface area contributed by atoms with Gasteiger partial charge in [0.25, 0.3) is 0 Å². The van der Waals surface area contributed by atoms with Crippen molar-refractivity contribution in [1.82, 2.24) is 10.2 Å². The van der Waals surface area contributed by atoms with E-state index in [4.69, 9.17) is 23.2 Å². The lowest BCUT2D eigenvalue weighted by molar-refractivity contribution is 0.262. The predicted octanol–water partition coefficient (Wildman–Crippen LogP) is 6.45. The second-order valence-electron chi connectivity index (χ2n) is 6.95. The van der Waals surface area contributed by atoms with Gasteiger partial charge in [-0.05, 0) is 29.2 Å². The van der Waals surface area contributed by atoms with E-state index in [1.165, 1.54) is 16.9 Å². The summed E-state index contributed by atoms with van der Waals surface area (Å²) in [5.41, 5.74) is 2.83. The Bertz CT molecular complexity index is 965. The Kier molecular flexibility index (Phi) is 5.69. The van der Waals surface area contributed by atoms with E-state index in [2.05, 4.69) is 53.7 Å². The number of halogens is 2. The van der Waals surface area contributed by atoms with E-state index in [1.54, 1.807) is 18.2 Å². The van der Waals surface area contributed by atoms with Crippen molar-refractivity contribution < 1.29 is 4.79 Å². The average Bonchev–Trinajstić information content (AvgIpc) is 3.06. The Hall–Kier alpha value is -2.15. The number of hydrogen-bond acceptors (Lipinski definition) is 4. The lowest BCUT2D eigenvalue weighted by Gasteiger charge is -2.18. The van der Waals surface area contributed by atoms with E-state index in [0.29, 0.717) is 20.9 Å². The highest BCUT2D eigenvalue weighted by Gasteiger charge is 2.15. The van der Waals surface area contributed by atoms with Crippen molar-refractivity contribution in [3.05, 3.63) is 58.1 Å². The standard InChI is InChI=1S/C19H18Cl2N4OS/c1-19(2,3)12-6-4-11(5-7-12)16-24-25-18(27-16)23-17(26)22-13-8-9-14(20)15(21)10-13/h4-10H,1-3H3,(H2,22,23,25,26). The molecule has 5 nitrogen and oxygen atoms in total. The molecule has 0 spiro atoms. The molecule has 0 aliphatic carbocycles. The van der Waals surface area contributed by atoms with Gasteiger partial charge in [0, 0.05) is 11.3 Å². The molecule has 0 bridgehead atoms. The Morgan fingerprint density at radius 3 is 2.30 bits per heavy atom. The van der Waals surface area contributed by atoms with Crippen LogP contribution >= 0.6 is 34.5 Å². The molecule has 8 heteroatoms. The molecule has 0 atom stereocenters. The molecule has 27 heavy (non-hydrogen) atoms. The summed E-state index contributed by atoms with van der Waals surface area (Å²) in [5, 5.41) is 15.5. The summed E-state index contributed by atoms with van der Waals surface area (Å²) >= 11 is 13.1. The molecule has 0 fully saturated rings. The Balaban J connectivity index is 1.66. The monoisotopic (exact) mass is 420 g/mol. The van der Waals surface area contributed by atoms with Crippen LogP contribution in [-0.4, -0.2) is 16.2 Å². The van der Waals surface area contributed by atoms with E-state index in [0.717, 1.165) is 10.6 Å². The number of urea groups is 1. The highest BCUT2D eigenvalue weighted by Crippen LogP contribution is 2.29. The first-order valence-corrected chi connectivity index (χ1v) is 9.77. The van der Waals surface area contributed by atoms with Gasteiger partial charge in [-0.25, -0.2) is 4.79 Å². The molecule has 2 N–H and O–H groups in total. The highest BCUT2D eigenvalue weighted by atomic mass is 35.5. The van der Waals surface area contributed by atoms with E-state index >= 15 is 0 Å². The number of rotatable bonds is 3. The molecule has 140 valence electrons. The van der Waals surface area contributed by atoms with Crippen LogP contribution in [0.5, 0.6) is 0 Å². The summed E-state index contributed by atoms with van der Waals surface area (Å²) in [7, 11) is 0. The van der Waals surface area contributed by atoms with Gasteiger partial charge in [-0.3, -0.25) is 5.32 Å². The van der Waals surface area contributed by atoms with E-state index in [-0.39, 0.29) is 5.41 Å². The molecule has 2 amide bonds. The smallest absolute Gasteiger partial charge is 0.308 e. The number of carbonyl (C=O) groups is 1. The average molecular weight is 421 g/mol. The van der Waals surface area contributed by atoms with E-state index in [9.17, 15) is 4.79 Å². The van der Waals surface area contributed by atoms with Crippen LogP contribution in [0.25, 0.3) is 10.6 Å². The maximum absolute atomic E-state index is 12.1. The SMILES string of the molecule is CC(C)(C)c1ccc(-c2nnc(NC(=O)Nc3ccc(Cl)c(Cl)c3)s2)cc1. The first-order valence-electron chi connectivity index (χ1n) is 8.20. The molecule has 1 aromatic heterocycles. The summed E-state index contributed by atoms with van der Waals surface area (Å²) in [5.74, 6) is 0. The van der Waals surface area contributed by atoms with Crippen molar-refractivity contribution in [1.29, 1.82) is 0 Å². The first-order chi connectivity index (χ1) is 12.7. The summed E-state index contributed by atoms with van der Waals surface area (Å²) in [6.45, 7) is 6.50. The molecule has 2 aromatic carbocycles. The largest absolute Gasteiger partial charge is 0.325 e. The van der Waals surface area contributed by atoms with E-state index in [1.807, 2.05) is 12.1 Å². The van der Waals surface area contributed by atoms with Gasteiger partial charge in [0.15, 0.2) is 0 Å². The normalized spacial score (nSPS) is 11.3. The quantitative estimate of drug-likeness (QED) is 0.511. The molecular weight excluding hydrogens is 403 g/mol. The molecule has 0 aliphatic rings. The van der Waals surface area contributed by atoms with Crippen molar-refractivity contribution in [2.45, 2.75) is 26.2 Å². The lowest BCUT2D eigenvalue weighted by Crippen LogP contribution is -2.19. The Morgan fingerprint density at radius 2 is 1.67 bits per heavy atom. The van der Waals surface area contributed by atoms with Gasteiger partial charge in [-0.2, -0.15) is 0 Å². The Morgan fingerprint density at radius 1 is 0.963 bits per heavy atom. The van der Waals surface area contributed by atoms with Crippen LogP contribution in [0.2, 0.25) is 10.0 Å². The summed E-state index contributed by atoms with van der Waals surface area (Å²) < 4.78 is 0. The van der Waals surface area contributed by atoms with Crippen molar-refractivity contribution in [2.24, 2.45) is 0 Å². The number of hydrogen-bond donors (Lipinski definition) is 2. The summed E-state index contributed by atoms with van der Waals surface area (Å²) in [6.07, 6.45) is 0. The molecule has 0 aliphatic heterocycles. The molecule has 3 aromatic rings. The van der Waals surface area contributed by atoms with Crippen molar-refractivity contribution >= 4 is 51.4 Å². The van der Waals surface area contributed by atoms with Crippen LogP contribution in [0.1, 0.15) is 26.3 Å². The number of amides is 2. The van der Waals surface area contributed by atoms with Gasteiger partial charge in [0.2, 0.25) is 5.13 Å². The summed E-state index contributed by atoms with van der Waals surface area (Å²) in [4.78, 5) is 12.1. The number of nitrogens with one attached hydrogen (secondary N) is 2. The zero-order chi connectivity index (χ0) is 19.6. The minimum atomic E-state index is -0.431. The number of nitrogens with zero attached hydrogens (tertiary/aromatic N) is 2. The minimum absolute atomic E-state index is 0.0923. The second-order valence-corrected chi connectivity index (χ2v) is 8.74. The lowest BCUT2D eigenvalue weighted by atomic mass is 9.87. The number of carbonyl (C=O) groups excluding carboxylic acids is 1. The molecule has 0 radical (unpaired) electrons. The third kappa shape index (κ3) is 4.97. The molecule has 0 saturated heterocycles. The van der Waals surface area contributed by atoms with Gasteiger partial charge in [0.05, 0.1) is 10.0 Å². The topological polar surface area (TPSA) is 66.9 Å². The number of aromatic nitrogens is 2. The molecule has 1 heterocycles. The fourth-order valence-electron chi connectivity index (χ4n) is 2.34.